The smallest absolute Gasteiger partial charge is 0.307 e. The maximum Gasteiger partial charge on any atom is 0.307 e. The van der Waals surface area contributed by atoms with Crippen molar-refractivity contribution in [2.24, 2.45) is 0 Å². The zero-order valence-corrected chi connectivity index (χ0v) is 14.3. The summed E-state index contributed by atoms with van der Waals surface area (Å²) in [5, 5.41) is 13.8. The van der Waals surface area contributed by atoms with Crippen LogP contribution in [0.5, 0.6) is 0 Å². The summed E-state index contributed by atoms with van der Waals surface area (Å²) in [6, 6.07) is 15.5. The second-order valence-electron chi connectivity index (χ2n) is 5.00. The van der Waals surface area contributed by atoms with E-state index in [1.807, 2.05) is 48.5 Å². The van der Waals surface area contributed by atoms with E-state index < -0.39 is 5.97 Å². The summed E-state index contributed by atoms with van der Waals surface area (Å²) in [6.07, 6.45) is 1.49. The predicted molar refractivity (Wildman–Crippen MR) is 93.0 cm³/mol. The van der Waals surface area contributed by atoms with E-state index in [9.17, 15) is 4.79 Å². The molecule has 0 spiro atoms. The van der Waals surface area contributed by atoms with Gasteiger partial charge >= 0.3 is 5.97 Å². The molecular weight excluding hydrogens is 380 g/mol. The normalized spacial score (nSPS) is 10.7. The monoisotopic (exact) mass is 390 g/mol. The van der Waals surface area contributed by atoms with Crippen molar-refractivity contribution in [3.8, 4) is 16.8 Å². The maximum atomic E-state index is 10.8. The van der Waals surface area contributed by atoms with E-state index in [4.69, 9.17) is 16.7 Å². The van der Waals surface area contributed by atoms with Crippen LogP contribution in [0.1, 0.15) is 5.56 Å². The fourth-order valence-corrected chi connectivity index (χ4v) is 3.02. The van der Waals surface area contributed by atoms with Crippen LogP contribution in [0.15, 0.2) is 59.3 Å². The van der Waals surface area contributed by atoms with Gasteiger partial charge in [0.05, 0.1) is 18.3 Å². The Morgan fingerprint density at radius 2 is 1.91 bits per heavy atom. The number of nitrogens with zero attached hydrogens (tertiary/aromatic N) is 2. The largest absolute Gasteiger partial charge is 0.481 e. The lowest BCUT2D eigenvalue weighted by Gasteiger charge is -2.07. The van der Waals surface area contributed by atoms with Gasteiger partial charge in [0.2, 0.25) is 0 Å². The summed E-state index contributed by atoms with van der Waals surface area (Å²) in [5.74, 6) is -0.887. The number of aliphatic carboxylic acids is 1. The number of hydrogen-bond donors (Lipinski definition) is 1. The highest BCUT2D eigenvalue weighted by atomic mass is 79.9. The van der Waals surface area contributed by atoms with Gasteiger partial charge in [0.15, 0.2) is 0 Å². The predicted octanol–water partition coefficient (Wildman–Crippen LogP) is 4.58. The van der Waals surface area contributed by atoms with Crippen LogP contribution in [-0.4, -0.2) is 20.9 Å². The molecule has 0 aliphatic rings. The van der Waals surface area contributed by atoms with Gasteiger partial charge < -0.3 is 5.11 Å². The first-order valence-electron chi connectivity index (χ1n) is 6.85. The Labute approximate surface area is 146 Å². The first-order valence-corrected chi connectivity index (χ1v) is 8.02. The molecule has 0 aliphatic heterocycles. The molecule has 0 fully saturated rings. The average Bonchev–Trinajstić information content (AvgIpc) is 2.88. The lowest BCUT2D eigenvalue weighted by atomic mass is 10.1. The van der Waals surface area contributed by atoms with Crippen LogP contribution in [0.4, 0.5) is 0 Å². The number of benzene rings is 2. The summed E-state index contributed by atoms with van der Waals surface area (Å²) >= 11 is 9.43. The fourth-order valence-electron chi connectivity index (χ4n) is 2.29. The van der Waals surface area contributed by atoms with Crippen molar-refractivity contribution in [1.29, 1.82) is 0 Å². The minimum atomic E-state index is -0.887. The highest BCUT2D eigenvalue weighted by Crippen LogP contribution is 2.26. The molecule has 0 amide bonds. The van der Waals surface area contributed by atoms with Crippen LogP contribution in [0.3, 0.4) is 0 Å². The summed E-state index contributed by atoms with van der Waals surface area (Å²) in [7, 11) is 0. The van der Waals surface area contributed by atoms with Gasteiger partial charge in [-0.15, -0.1) is 0 Å². The van der Waals surface area contributed by atoms with Gasteiger partial charge in [0, 0.05) is 10.6 Å². The highest BCUT2D eigenvalue weighted by Gasteiger charge is 2.12. The number of carboxylic acid groups (broad SMARTS) is 1. The Balaban J connectivity index is 1.91. The second-order valence-corrected chi connectivity index (χ2v) is 6.19. The van der Waals surface area contributed by atoms with Crippen molar-refractivity contribution >= 4 is 33.5 Å². The molecule has 0 saturated heterocycles. The van der Waals surface area contributed by atoms with E-state index in [1.54, 1.807) is 10.9 Å². The third-order valence-electron chi connectivity index (χ3n) is 3.39. The minimum Gasteiger partial charge on any atom is -0.481 e. The molecule has 3 aromatic rings. The molecular formula is C17H12BrClN2O2. The van der Waals surface area contributed by atoms with E-state index in [0.29, 0.717) is 15.2 Å². The van der Waals surface area contributed by atoms with E-state index in [-0.39, 0.29) is 6.42 Å². The Kier molecular flexibility index (Phi) is 4.50. The highest BCUT2D eigenvalue weighted by molar-refractivity contribution is 9.10. The molecule has 0 saturated carbocycles. The molecule has 4 nitrogen and oxygen atoms in total. The molecule has 1 heterocycles. The molecule has 2 aromatic carbocycles. The third kappa shape index (κ3) is 3.46. The van der Waals surface area contributed by atoms with Gasteiger partial charge in [0.25, 0.3) is 0 Å². The number of carbonyl (C=O) groups is 1. The number of carboxylic acids is 1. The molecule has 116 valence electrons. The standard InChI is InChI=1S/C17H12BrClN2O2/c18-17-13(9-16(22)23)10-20-21(17)15-6-4-11(5-7-15)12-2-1-3-14(19)8-12/h1-8,10H,9H2,(H,22,23). The third-order valence-corrected chi connectivity index (χ3v) is 4.47. The van der Waals surface area contributed by atoms with Gasteiger partial charge in [-0.1, -0.05) is 35.9 Å². The van der Waals surface area contributed by atoms with E-state index >= 15 is 0 Å². The van der Waals surface area contributed by atoms with Gasteiger partial charge in [-0.3, -0.25) is 4.79 Å². The van der Waals surface area contributed by atoms with Crippen LogP contribution in [0, 0.1) is 0 Å². The lowest BCUT2D eigenvalue weighted by molar-refractivity contribution is -0.136. The first kappa shape index (κ1) is 15.8. The Bertz CT molecular complexity index is 859. The summed E-state index contributed by atoms with van der Waals surface area (Å²) in [6.45, 7) is 0. The van der Waals surface area contributed by atoms with E-state index in [2.05, 4.69) is 21.0 Å². The second kappa shape index (κ2) is 6.56. The zero-order chi connectivity index (χ0) is 16.4. The van der Waals surface area contributed by atoms with Gasteiger partial charge in [-0.05, 0) is 51.3 Å². The number of hydrogen-bond acceptors (Lipinski definition) is 2. The summed E-state index contributed by atoms with van der Waals surface area (Å²) in [5.41, 5.74) is 3.57. The van der Waals surface area contributed by atoms with Crippen LogP contribution >= 0.6 is 27.5 Å². The quantitative estimate of drug-likeness (QED) is 0.708. The van der Waals surface area contributed by atoms with Crippen molar-refractivity contribution in [2.75, 3.05) is 0 Å². The summed E-state index contributed by atoms with van der Waals surface area (Å²) in [4.78, 5) is 10.8. The minimum absolute atomic E-state index is 0.0683. The molecule has 1 N–H and O–H groups in total. The Morgan fingerprint density at radius 3 is 2.57 bits per heavy atom. The van der Waals surface area contributed by atoms with Crippen LogP contribution in [0.2, 0.25) is 5.02 Å². The molecule has 23 heavy (non-hydrogen) atoms. The van der Waals surface area contributed by atoms with Crippen LogP contribution in [0.25, 0.3) is 16.8 Å². The van der Waals surface area contributed by atoms with Gasteiger partial charge in [-0.2, -0.15) is 5.10 Å². The Hall–Kier alpha value is -2.11. The molecule has 0 aliphatic carbocycles. The first-order chi connectivity index (χ1) is 11.0. The van der Waals surface area contributed by atoms with Crippen LogP contribution < -0.4 is 0 Å². The number of rotatable bonds is 4. The number of aromatic nitrogens is 2. The Morgan fingerprint density at radius 1 is 1.17 bits per heavy atom. The zero-order valence-electron chi connectivity index (χ0n) is 11.9. The fraction of sp³-hybridized carbons (Fsp3) is 0.0588. The topological polar surface area (TPSA) is 55.1 Å². The number of halogens is 2. The summed E-state index contributed by atoms with van der Waals surface area (Å²) < 4.78 is 2.32. The average molecular weight is 392 g/mol. The lowest BCUT2D eigenvalue weighted by Crippen LogP contribution is -2.01. The van der Waals surface area contributed by atoms with Crippen molar-refractivity contribution in [1.82, 2.24) is 9.78 Å². The van der Waals surface area contributed by atoms with E-state index in [1.165, 1.54) is 0 Å². The molecule has 1 aromatic heterocycles. The SMILES string of the molecule is O=C(O)Cc1cnn(-c2ccc(-c3cccc(Cl)c3)cc2)c1Br. The van der Waals surface area contributed by atoms with Crippen molar-refractivity contribution in [3.05, 3.63) is 69.9 Å². The maximum absolute atomic E-state index is 10.8. The van der Waals surface area contributed by atoms with Gasteiger partial charge in [-0.25, -0.2) is 4.68 Å². The molecule has 0 atom stereocenters. The van der Waals surface area contributed by atoms with Gasteiger partial charge in [0.1, 0.15) is 4.60 Å². The van der Waals surface area contributed by atoms with Crippen molar-refractivity contribution in [3.63, 3.8) is 0 Å². The molecule has 3 rings (SSSR count). The molecule has 0 unspecified atom stereocenters. The van der Waals surface area contributed by atoms with E-state index in [0.717, 1.165) is 16.8 Å². The molecule has 0 bridgehead atoms. The van der Waals surface area contributed by atoms with Crippen molar-refractivity contribution < 1.29 is 9.90 Å². The van der Waals surface area contributed by atoms with Crippen LogP contribution in [-0.2, 0) is 11.2 Å². The van der Waals surface area contributed by atoms with Crippen molar-refractivity contribution in [2.45, 2.75) is 6.42 Å². The molecule has 0 radical (unpaired) electrons. The molecule has 6 heteroatoms.